The molecule has 0 radical (unpaired) electrons. The molecule has 0 atom stereocenters. The largest absolute Gasteiger partial charge is 0.494 e. The number of aldehydes is 1. The molecule has 0 spiro atoms. The minimum absolute atomic E-state index is 0.409. The number of aromatic nitrogens is 3. The molecule has 2 aliphatic rings. The van der Waals surface area contributed by atoms with Crippen LogP contribution in [0.2, 0.25) is 0 Å². The number of methoxy groups -OCH3 is 1. The van der Waals surface area contributed by atoms with E-state index in [4.69, 9.17) is 9.47 Å². The molecule has 0 aromatic carbocycles. The van der Waals surface area contributed by atoms with Gasteiger partial charge in [-0.15, -0.1) is 0 Å². The lowest BCUT2D eigenvalue weighted by Crippen LogP contribution is -2.14. The number of carbonyl (C=O) groups is 1. The molecule has 0 amide bonds. The van der Waals surface area contributed by atoms with Gasteiger partial charge in [0.15, 0.2) is 17.8 Å². The van der Waals surface area contributed by atoms with Crippen LogP contribution >= 0.6 is 0 Å². The maximum absolute atomic E-state index is 11.5. The summed E-state index contributed by atoms with van der Waals surface area (Å²) in [4.78, 5) is 15.6. The number of rotatable bonds is 7. The van der Waals surface area contributed by atoms with Crippen molar-refractivity contribution < 1.29 is 14.3 Å². The fraction of sp³-hybridized carbons (Fsp3) is 0.500. The third-order valence-electron chi connectivity index (χ3n) is 5.89. The normalized spacial score (nSPS) is 17.8. The standard InChI is InChI=1S/C22H27N3O3/c1-27-21-12-23-13-22(19(21)14-26)28-15-16-6-2-5-9-18(16)20-10-11-24-25(20)17-7-3-4-8-17/h10-14,17H,2-9,15H2,1H3. The lowest BCUT2D eigenvalue weighted by Gasteiger charge is -2.23. The highest BCUT2D eigenvalue weighted by Crippen LogP contribution is 2.37. The topological polar surface area (TPSA) is 66.2 Å². The fourth-order valence-corrected chi connectivity index (χ4v) is 4.42. The Bertz CT molecular complexity index is 866. The molecule has 2 aromatic rings. The van der Waals surface area contributed by atoms with Crippen LogP contribution in [0.25, 0.3) is 5.57 Å². The second kappa shape index (κ2) is 8.59. The molecule has 0 saturated heterocycles. The molecule has 2 aliphatic carbocycles. The van der Waals surface area contributed by atoms with Gasteiger partial charge in [0.05, 0.1) is 31.2 Å². The summed E-state index contributed by atoms with van der Waals surface area (Å²) >= 11 is 0. The summed E-state index contributed by atoms with van der Waals surface area (Å²) in [6.45, 7) is 0.459. The second-order valence-electron chi connectivity index (χ2n) is 7.55. The lowest BCUT2D eigenvalue weighted by atomic mass is 9.90. The Morgan fingerprint density at radius 3 is 2.71 bits per heavy atom. The zero-order chi connectivity index (χ0) is 19.3. The zero-order valence-corrected chi connectivity index (χ0v) is 16.4. The smallest absolute Gasteiger partial charge is 0.157 e. The number of carbonyl (C=O) groups excluding carboxylic acids is 1. The van der Waals surface area contributed by atoms with Crippen LogP contribution in [-0.2, 0) is 0 Å². The van der Waals surface area contributed by atoms with Crippen LogP contribution < -0.4 is 9.47 Å². The molecule has 148 valence electrons. The predicted molar refractivity (Wildman–Crippen MR) is 107 cm³/mol. The zero-order valence-electron chi connectivity index (χ0n) is 16.4. The molecule has 0 aliphatic heterocycles. The van der Waals surface area contributed by atoms with E-state index >= 15 is 0 Å². The summed E-state index contributed by atoms with van der Waals surface area (Å²) in [5.41, 5.74) is 4.31. The van der Waals surface area contributed by atoms with Crippen molar-refractivity contribution in [2.45, 2.75) is 57.4 Å². The molecule has 6 heteroatoms. The van der Waals surface area contributed by atoms with Gasteiger partial charge < -0.3 is 9.47 Å². The Morgan fingerprint density at radius 2 is 1.93 bits per heavy atom. The molecule has 0 N–H and O–H groups in total. The molecular weight excluding hydrogens is 354 g/mol. The average molecular weight is 381 g/mol. The highest BCUT2D eigenvalue weighted by Gasteiger charge is 2.24. The van der Waals surface area contributed by atoms with E-state index in [9.17, 15) is 4.79 Å². The summed E-state index contributed by atoms with van der Waals surface area (Å²) in [5.74, 6) is 0.903. The van der Waals surface area contributed by atoms with Gasteiger partial charge >= 0.3 is 0 Å². The maximum atomic E-state index is 11.5. The number of hydrogen-bond acceptors (Lipinski definition) is 5. The van der Waals surface area contributed by atoms with Gasteiger partial charge in [-0.3, -0.25) is 14.5 Å². The van der Waals surface area contributed by atoms with Crippen molar-refractivity contribution >= 4 is 11.9 Å². The van der Waals surface area contributed by atoms with E-state index in [1.165, 1.54) is 62.3 Å². The van der Waals surface area contributed by atoms with Gasteiger partial charge in [0.2, 0.25) is 0 Å². The van der Waals surface area contributed by atoms with Crippen molar-refractivity contribution in [3.63, 3.8) is 0 Å². The Hall–Kier alpha value is -2.63. The average Bonchev–Trinajstić information content (AvgIpc) is 3.43. The molecule has 1 saturated carbocycles. The summed E-state index contributed by atoms with van der Waals surface area (Å²) in [7, 11) is 1.53. The Labute approximate surface area is 165 Å². The number of hydrogen-bond donors (Lipinski definition) is 0. The van der Waals surface area contributed by atoms with Crippen molar-refractivity contribution in [2.24, 2.45) is 0 Å². The van der Waals surface area contributed by atoms with Gasteiger partial charge in [0.1, 0.15) is 12.2 Å². The quantitative estimate of drug-likeness (QED) is 0.655. The van der Waals surface area contributed by atoms with Crippen molar-refractivity contribution in [2.75, 3.05) is 13.7 Å². The Morgan fingerprint density at radius 1 is 1.14 bits per heavy atom. The third-order valence-corrected chi connectivity index (χ3v) is 5.89. The van der Waals surface area contributed by atoms with Crippen LogP contribution in [0.1, 0.15) is 73.5 Å². The summed E-state index contributed by atoms with van der Waals surface area (Å²) < 4.78 is 13.5. The van der Waals surface area contributed by atoms with E-state index in [1.807, 2.05) is 6.20 Å². The van der Waals surface area contributed by atoms with Gasteiger partial charge in [-0.25, -0.2) is 0 Å². The monoisotopic (exact) mass is 381 g/mol. The Kier molecular flexibility index (Phi) is 5.74. The van der Waals surface area contributed by atoms with Gasteiger partial charge in [-0.05, 0) is 55.7 Å². The minimum Gasteiger partial charge on any atom is -0.494 e. The van der Waals surface area contributed by atoms with Gasteiger partial charge in [-0.1, -0.05) is 12.8 Å². The van der Waals surface area contributed by atoms with Crippen LogP contribution in [0.5, 0.6) is 11.5 Å². The fourth-order valence-electron chi connectivity index (χ4n) is 4.42. The lowest BCUT2D eigenvalue weighted by molar-refractivity contribution is 0.111. The first-order chi connectivity index (χ1) is 13.8. The number of nitrogens with zero attached hydrogens (tertiary/aromatic N) is 3. The second-order valence-corrected chi connectivity index (χ2v) is 7.55. The van der Waals surface area contributed by atoms with E-state index < -0.39 is 0 Å². The van der Waals surface area contributed by atoms with E-state index in [1.54, 1.807) is 6.20 Å². The summed E-state index contributed by atoms with van der Waals surface area (Å²) in [6.07, 6.45) is 15.2. The van der Waals surface area contributed by atoms with Gasteiger partial charge in [0.25, 0.3) is 0 Å². The maximum Gasteiger partial charge on any atom is 0.157 e. The van der Waals surface area contributed by atoms with Crippen molar-refractivity contribution in [1.82, 2.24) is 14.8 Å². The SMILES string of the molecule is COc1cncc(OCC2=C(c3ccnn3C3CCCC3)CCCC2)c1C=O. The molecule has 4 rings (SSSR count). The van der Waals surface area contributed by atoms with Gasteiger partial charge in [-0.2, -0.15) is 5.10 Å². The van der Waals surface area contributed by atoms with Crippen molar-refractivity contribution in [3.8, 4) is 11.5 Å². The first-order valence-electron chi connectivity index (χ1n) is 10.2. The third kappa shape index (κ3) is 3.68. The van der Waals surface area contributed by atoms with Crippen molar-refractivity contribution in [3.05, 3.63) is 41.5 Å². The molecule has 2 heterocycles. The van der Waals surface area contributed by atoms with Crippen LogP contribution in [0.3, 0.4) is 0 Å². The molecule has 2 aromatic heterocycles. The molecular formula is C22H27N3O3. The first kappa shape index (κ1) is 18.7. The van der Waals surface area contributed by atoms with Crippen LogP contribution in [0.15, 0.2) is 30.2 Å². The number of ether oxygens (including phenoxy) is 2. The molecule has 1 fully saturated rings. The van der Waals surface area contributed by atoms with Crippen LogP contribution in [0, 0.1) is 0 Å². The molecule has 0 unspecified atom stereocenters. The summed E-state index contributed by atoms with van der Waals surface area (Å²) in [5, 5.41) is 4.65. The van der Waals surface area contributed by atoms with Crippen molar-refractivity contribution in [1.29, 1.82) is 0 Å². The predicted octanol–water partition coefficient (Wildman–Crippen LogP) is 4.62. The van der Waals surface area contributed by atoms with E-state index in [0.717, 1.165) is 25.5 Å². The van der Waals surface area contributed by atoms with E-state index in [0.29, 0.717) is 29.7 Å². The van der Waals surface area contributed by atoms with E-state index in [2.05, 4.69) is 20.8 Å². The number of allylic oxidation sites excluding steroid dienone is 1. The van der Waals surface area contributed by atoms with Crippen LogP contribution in [-0.4, -0.2) is 34.8 Å². The summed E-state index contributed by atoms with van der Waals surface area (Å²) in [6, 6.07) is 2.66. The molecule has 28 heavy (non-hydrogen) atoms. The minimum atomic E-state index is 0.409. The highest BCUT2D eigenvalue weighted by atomic mass is 16.5. The first-order valence-corrected chi connectivity index (χ1v) is 10.2. The Balaban J connectivity index is 1.60. The van der Waals surface area contributed by atoms with Gasteiger partial charge in [0, 0.05) is 6.20 Å². The van der Waals surface area contributed by atoms with E-state index in [-0.39, 0.29) is 0 Å². The van der Waals surface area contributed by atoms with Crippen LogP contribution in [0.4, 0.5) is 0 Å². The molecule has 6 nitrogen and oxygen atoms in total. The molecule has 0 bridgehead atoms. The number of pyridine rings is 1. The highest BCUT2D eigenvalue weighted by molar-refractivity contribution is 5.83.